The van der Waals surface area contributed by atoms with Gasteiger partial charge in [0.25, 0.3) is 0 Å². The summed E-state index contributed by atoms with van der Waals surface area (Å²) in [6, 6.07) is 0. The van der Waals surface area contributed by atoms with Crippen molar-refractivity contribution in [2.75, 3.05) is 13.3 Å². The number of carbonyl (C=O) groups is 1. The highest BCUT2D eigenvalue weighted by atomic mass is 16.5. The van der Waals surface area contributed by atoms with Crippen LogP contribution in [-0.4, -0.2) is 25.3 Å². The van der Waals surface area contributed by atoms with E-state index < -0.39 is 12.0 Å². The molecule has 4 nitrogen and oxygen atoms in total. The van der Waals surface area contributed by atoms with Crippen molar-refractivity contribution in [2.24, 2.45) is 5.73 Å². The Labute approximate surface area is 47.0 Å². The van der Waals surface area contributed by atoms with Crippen LogP contribution in [0.25, 0.3) is 0 Å². The molecule has 1 atom stereocenters. The molecule has 0 unspecified atom stereocenters. The van der Waals surface area contributed by atoms with Crippen molar-refractivity contribution in [3.63, 3.8) is 0 Å². The van der Waals surface area contributed by atoms with Crippen LogP contribution in [0.15, 0.2) is 0 Å². The fraction of sp³-hybridized carbons (Fsp3) is 0.750. The van der Waals surface area contributed by atoms with Crippen molar-refractivity contribution < 1.29 is 9.53 Å². The Balaban J connectivity index is 2.35. The third-order valence-corrected chi connectivity index (χ3v) is 1.03. The van der Waals surface area contributed by atoms with E-state index in [4.69, 9.17) is 10.5 Å². The highest BCUT2D eigenvalue weighted by molar-refractivity contribution is 5.79. The summed E-state index contributed by atoms with van der Waals surface area (Å²) in [6.45, 7) is 0.989. The lowest BCUT2D eigenvalue weighted by Crippen LogP contribution is -2.31. The Kier molecular flexibility index (Phi) is 1.45. The topological polar surface area (TPSA) is 64.4 Å². The molecule has 0 spiro atoms. The Morgan fingerprint density at radius 1 is 1.88 bits per heavy atom. The molecule has 4 heteroatoms. The number of rotatable bonds is 1. The minimum Gasteiger partial charge on any atom is -0.367 e. The van der Waals surface area contributed by atoms with Crippen molar-refractivity contribution in [1.82, 2.24) is 5.32 Å². The van der Waals surface area contributed by atoms with Crippen molar-refractivity contribution in [2.45, 2.75) is 6.10 Å². The number of carbonyl (C=O) groups excluding carboxylic acids is 1. The average molecular weight is 116 g/mol. The Morgan fingerprint density at radius 3 is 2.88 bits per heavy atom. The van der Waals surface area contributed by atoms with Crippen molar-refractivity contribution >= 4 is 5.91 Å². The average Bonchev–Trinajstić information content (AvgIpc) is 2.12. The van der Waals surface area contributed by atoms with Gasteiger partial charge in [-0.15, -0.1) is 0 Å². The van der Waals surface area contributed by atoms with Crippen molar-refractivity contribution in [3.8, 4) is 0 Å². The summed E-state index contributed by atoms with van der Waals surface area (Å²) >= 11 is 0. The van der Waals surface area contributed by atoms with E-state index in [1.165, 1.54) is 0 Å². The van der Waals surface area contributed by atoms with E-state index in [0.717, 1.165) is 0 Å². The van der Waals surface area contributed by atoms with Gasteiger partial charge in [0.05, 0.1) is 6.73 Å². The molecule has 1 heterocycles. The standard InChI is InChI=1S/C4H8N2O2/c5-4(7)3-1-6-2-8-3/h3,6H,1-2H2,(H2,5,7)/t3-/m1/s1. The minimum atomic E-state index is -0.407. The molecule has 1 aliphatic rings. The molecule has 1 amide bonds. The first kappa shape index (κ1) is 5.53. The summed E-state index contributed by atoms with van der Waals surface area (Å²) in [4.78, 5) is 10.3. The molecule has 0 aliphatic carbocycles. The molecule has 1 rings (SSSR count). The predicted molar refractivity (Wildman–Crippen MR) is 26.9 cm³/mol. The van der Waals surface area contributed by atoms with E-state index in [0.29, 0.717) is 13.3 Å². The summed E-state index contributed by atoms with van der Waals surface area (Å²) in [5, 5.41) is 2.83. The lowest BCUT2D eigenvalue weighted by Gasteiger charge is -1.98. The first-order chi connectivity index (χ1) is 3.80. The number of nitrogens with one attached hydrogen (secondary N) is 1. The van der Waals surface area contributed by atoms with Crippen LogP contribution in [0.3, 0.4) is 0 Å². The molecule has 1 aliphatic heterocycles. The fourth-order valence-electron chi connectivity index (χ4n) is 0.591. The molecule has 0 aromatic heterocycles. The maximum absolute atomic E-state index is 10.3. The van der Waals surface area contributed by atoms with Crippen LogP contribution >= 0.6 is 0 Å². The maximum Gasteiger partial charge on any atom is 0.247 e. The number of primary amides is 1. The molecule has 0 bridgehead atoms. The van der Waals surface area contributed by atoms with Gasteiger partial charge < -0.3 is 10.5 Å². The number of nitrogens with two attached hydrogens (primary N) is 1. The van der Waals surface area contributed by atoms with Crippen LogP contribution in [0, 0.1) is 0 Å². The molecular weight excluding hydrogens is 108 g/mol. The van der Waals surface area contributed by atoms with Crippen LogP contribution in [0.5, 0.6) is 0 Å². The van der Waals surface area contributed by atoms with E-state index in [9.17, 15) is 4.79 Å². The summed E-state index contributed by atoms with van der Waals surface area (Å²) in [6.07, 6.45) is -0.407. The lowest BCUT2D eigenvalue weighted by molar-refractivity contribution is -0.126. The second-order valence-corrected chi connectivity index (χ2v) is 1.66. The van der Waals surface area contributed by atoms with Crippen LogP contribution in [0.1, 0.15) is 0 Å². The van der Waals surface area contributed by atoms with Gasteiger partial charge in [0.2, 0.25) is 5.91 Å². The zero-order valence-corrected chi connectivity index (χ0v) is 4.39. The van der Waals surface area contributed by atoms with E-state index in [-0.39, 0.29) is 0 Å². The normalized spacial score (nSPS) is 28.2. The van der Waals surface area contributed by atoms with E-state index in [2.05, 4.69) is 5.32 Å². The van der Waals surface area contributed by atoms with Gasteiger partial charge in [0.15, 0.2) is 0 Å². The molecule has 0 aromatic rings. The third-order valence-electron chi connectivity index (χ3n) is 1.03. The van der Waals surface area contributed by atoms with Gasteiger partial charge in [-0.05, 0) is 0 Å². The number of amides is 1. The molecule has 1 fully saturated rings. The Morgan fingerprint density at radius 2 is 2.62 bits per heavy atom. The van der Waals surface area contributed by atoms with Crippen molar-refractivity contribution in [3.05, 3.63) is 0 Å². The number of hydrogen-bond acceptors (Lipinski definition) is 3. The molecule has 8 heavy (non-hydrogen) atoms. The van der Waals surface area contributed by atoms with Gasteiger partial charge >= 0.3 is 0 Å². The Bertz CT molecular complexity index is 98.2. The number of hydrogen-bond donors (Lipinski definition) is 2. The monoisotopic (exact) mass is 116 g/mol. The van der Waals surface area contributed by atoms with Crippen LogP contribution in [-0.2, 0) is 9.53 Å². The SMILES string of the molecule is NC(=O)[C@H]1CNCO1. The predicted octanol–water partition coefficient (Wildman–Crippen LogP) is -1.58. The molecule has 0 aromatic carbocycles. The highest BCUT2D eigenvalue weighted by Crippen LogP contribution is 1.93. The van der Waals surface area contributed by atoms with Gasteiger partial charge in [-0.2, -0.15) is 0 Å². The van der Waals surface area contributed by atoms with Gasteiger partial charge in [0.1, 0.15) is 6.10 Å². The molecule has 46 valence electrons. The second-order valence-electron chi connectivity index (χ2n) is 1.66. The van der Waals surface area contributed by atoms with E-state index in [1.54, 1.807) is 0 Å². The molecule has 0 radical (unpaired) electrons. The lowest BCUT2D eigenvalue weighted by atomic mass is 10.3. The third kappa shape index (κ3) is 0.962. The highest BCUT2D eigenvalue weighted by Gasteiger charge is 2.19. The van der Waals surface area contributed by atoms with Crippen molar-refractivity contribution in [1.29, 1.82) is 0 Å². The molecule has 0 saturated carbocycles. The summed E-state index contributed by atoms with van der Waals surface area (Å²) in [5.41, 5.74) is 4.89. The minimum absolute atomic E-state index is 0.394. The summed E-state index contributed by atoms with van der Waals surface area (Å²) < 4.78 is 4.83. The zero-order chi connectivity index (χ0) is 5.98. The van der Waals surface area contributed by atoms with Crippen LogP contribution in [0.2, 0.25) is 0 Å². The molecule has 1 saturated heterocycles. The first-order valence-corrected chi connectivity index (χ1v) is 2.42. The van der Waals surface area contributed by atoms with Gasteiger partial charge in [0, 0.05) is 6.54 Å². The van der Waals surface area contributed by atoms with Gasteiger partial charge in [-0.25, -0.2) is 0 Å². The molecule has 3 N–H and O–H groups in total. The van der Waals surface area contributed by atoms with Gasteiger partial charge in [-0.1, -0.05) is 0 Å². The Hall–Kier alpha value is -0.610. The number of ether oxygens (including phenoxy) is 1. The molecular formula is C4H8N2O2. The summed E-state index contributed by atoms with van der Waals surface area (Å²) in [5.74, 6) is -0.394. The first-order valence-electron chi connectivity index (χ1n) is 2.42. The van der Waals surface area contributed by atoms with Crippen LogP contribution in [0.4, 0.5) is 0 Å². The van der Waals surface area contributed by atoms with E-state index in [1.807, 2.05) is 0 Å². The summed E-state index contributed by atoms with van der Waals surface area (Å²) in [7, 11) is 0. The maximum atomic E-state index is 10.3. The smallest absolute Gasteiger partial charge is 0.247 e. The fourth-order valence-corrected chi connectivity index (χ4v) is 0.591. The largest absolute Gasteiger partial charge is 0.367 e. The van der Waals surface area contributed by atoms with E-state index >= 15 is 0 Å². The van der Waals surface area contributed by atoms with Crippen LogP contribution < -0.4 is 11.1 Å². The zero-order valence-electron chi connectivity index (χ0n) is 4.39. The van der Waals surface area contributed by atoms with Gasteiger partial charge in [-0.3, -0.25) is 10.1 Å². The quantitative estimate of drug-likeness (QED) is 0.434. The second kappa shape index (κ2) is 2.11.